The lowest BCUT2D eigenvalue weighted by atomic mass is 10.0. The molecule has 0 unspecified atom stereocenters. The van der Waals surface area contributed by atoms with Crippen molar-refractivity contribution in [1.29, 1.82) is 0 Å². The van der Waals surface area contributed by atoms with Crippen LogP contribution < -0.4 is 0 Å². The zero-order chi connectivity index (χ0) is 13.3. The predicted octanol–water partition coefficient (Wildman–Crippen LogP) is 1.78. The van der Waals surface area contributed by atoms with Gasteiger partial charge >= 0.3 is 11.9 Å². The Balaban J connectivity index is 2.75. The molecule has 0 aliphatic rings. The molecule has 1 aromatic carbocycles. The third-order valence-corrected chi connectivity index (χ3v) is 2.47. The number of aromatic hydroxyl groups is 1. The normalized spacial score (nSPS) is 10.2. The molecule has 1 aromatic heterocycles. The Labute approximate surface area is 101 Å². The molecule has 0 spiro atoms. The van der Waals surface area contributed by atoms with Crippen molar-refractivity contribution in [3.05, 3.63) is 41.6 Å². The maximum atomic E-state index is 11.1. The first-order chi connectivity index (χ1) is 8.52. The highest BCUT2D eigenvalue weighted by molar-refractivity contribution is 6.07. The summed E-state index contributed by atoms with van der Waals surface area (Å²) >= 11 is 0. The molecule has 6 nitrogen and oxygen atoms in total. The molecular weight excluding hydrogens is 238 g/mol. The number of aromatic carboxylic acids is 2. The van der Waals surface area contributed by atoms with E-state index in [1.807, 2.05) is 0 Å². The van der Waals surface area contributed by atoms with Crippen molar-refractivity contribution in [2.45, 2.75) is 0 Å². The van der Waals surface area contributed by atoms with Gasteiger partial charge in [0.05, 0.1) is 5.56 Å². The number of nitrogens with one attached hydrogen (secondary N) is 1. The van der Waals surface area contributed by atoms with Gasteiger partial charge in [0.2, 0.25) is 0 Å². The maximum Gasteiger partial charge on any atom is 0.353 e. The third kappa shape index (κ3) is 1.80. The Morgan fingerprint density at radius 2 is 1.61 bits per heavy atom. The van der Waals surface area contributed by atoms with E-state index in [9.17, 15) is 14.7 Å². The van der Waals surface area contributed by atoms with E-state index in [2.05, 4.69) is 4.98 Å². The van der Waals surface area contributed by atoms with Gasteiger partial charge in [-0.15, -0.1) is 0 Å². The van der Waals surface area contributed by atoms with Crippen LogP contribution in [0.5, 0.6) is 5.88 Å². The molecule has 0 bridgehead atoms. The van der Waals surface area contributed by atoms with Crippen molar-refractivity contribution in [2.24, 2.45) is 0 Å². The van der Waals surface area contributed by atoms with Crippen LogP contribution in [0.1, 0.15) is 20.8 Å². The number of benzene rings is 1. The molecular formula is C12H9NO5. The summed E-state index contributed by atoms with van der Waals surface area (Å²) in [6.07, 6.45) is 0. The lowest BCUT2D eigenvalue weighted by molar-refractivity contribution is 0.0649. The second-order valence-corrected chi connectivity index (χ2v) is 3.57. The maximum absolute atomic E-state index is 11.1. The Hall–Kier alpha value is -2.76. The number of carboxylic acids is 2. The molecule has 0 aliphatic heterocycles. The number of H-pyrrole nitrogens is 1. The number of rotatable bonds is 3. The van der Waals surface area contributed by atoms with Crippen molar-refractivity contribution >= 4 is 11.9 Å². The van der Waals surface area contributed by atoms with Gasteiger partial charge in [0, 0.05) is 0 Å². The Kier molecular flexibility index (Phi) is 2.77. The molecule has 1 heterocycles. The summed E-state index contributed by atoms with van der Waals surface area (Å²) in [5, 5.41) is 27.7. The lowest BCUT2D eigenvalue weighted by Crippen LogP contribution is -2.07. The van der Waals surface area contributed by atoms with E-state index in [0.29, 0.717) is 5.56 Å². The summed E-state index contributed by atoms with van der Waals surface area (Å²) in [5.74, 6) is -3.33. The minimum Gasteiger partial charge on any atom is -0.494 e. The van der Waals surface area contributed by atoms with Gasteiger partial charge in [-0.25, -0.2) is 9.59 Å². The van der Waals surface area contributed by atoms with E-state index in [4.69, 9.17) is 10.2 Å². The van der Waals surface area contributed by atoms with Gasteiger partial charge < -0.3 is 20.3 Å². The summed E-state index contributed by atoms with van der Waals surface area (Å²) in [4.78, 5) is 24.2. The molecule has 4 N–H and O–H groups in total. The minimum absolute atomic E-state index is 0.0273. The van der Waals surface area contributed by atoms with Gasteiger partial charge in [-0.05, 0) is 5.56 Å². The summed E-state index contributed by atoms with van der Waals surface area (Å²) in [7, 11) is 0. The SMILES string of the molecule is O=C(O)c1[nH]c(O)c(-c2ccccc2)c1C(=O)O. The average molecular weight is 247 g/mol. The molecule has 0 fully saturated rings. The minimum atomic E-state index is -1.44. The first-order valence-corrected chi connectivity index (χ1v) is 4.99. The van der Waals surface area contributed by atoms with Crippen molar-refractivity contribution in [3.8, 4) is 17.0 Å². The van der Waals surface area contributed by atoms with E-state index < -0.39 is 29.1 Å². The summed E-state index contributed by atoms with van der Waals surface area (Å²) < 4.78 is 0. The zero-order valence-electron chi connectivity index (χ0n) is 9.04. The highest BCUT2D eigenvalue weighted by Gasteiger charge is 2.27. The number of hydrogen-bond donors (Lipinski definition) is 4. The number of hydrogen-bond acceptors (Lipinski definition) is 3. The van der Waals surface area contributed by atoms with Crippen molar-refractivity contribution < 1.29 is 24.9 Å². The highest BCUT2D eigenvalue weighted by Crippen LogP contribution is 2.34. The first-order valence-electron chi connectivity index (χ1n) is 4.99. The van der Waals surface area contributed by atoms with Crippen molar-refractivity contribution in [1.82, 2.24) is 4.98 Å². The monoisotopic (exact) mass is 247 g/mol. The largest absolute Gasteiger partial charge is 0.494 e. The molecule has 0 aliphatic carbocycles. The quantitative estimate of drug-likeness (QED) is 0.660. The van der Waals surface area contributed by atoms with Gasteiger partial charge in [0.15, 0.2) is 5.88 Å². The molecule has 0 saturated carbocycles. The van der Waals surface area contributed by atoms with Gasteiger partial charge in [0.25, 0.3) is 0 Å². The van der Waals surface area contributed by atoms with E-state index in [1.165, 1.54) is 0 Å². The Morgan fingerprint density at radius 3 is 2.11 bits per heavy atom. The lowest BCUT2D eigenvalue weighted by Gasteiger charge is -2.01. The fraction of sp³-hybridized carbons (Fsp3) is 0. The molecule has 6 heteroatoms. The molecule has 0 atom stereocenters. The predicted molar refractivity (Wildman–Crippen MR) is 61.8 cm³/mol. The van der Waals surface area contributed by atoms with Crippen LogP contribution in [0.15, 0.2) is 30.3 Å². The Bertz CT molecular complexity index is 615. The summed E-state index contributed by atoms with van der Waals surface area (Å²) in [6.45, 7) is 0. The molecule has 2 aromatic rings. The molecule has 18 heavy (non-hydrogen) atoms. The highest BCUT2D eigenvalue weighted by atomic mass is 16.4. The number of carbonyl (C=O) groups is 2. The summed E-state index contributed by atoms with van der Waals surface area (Å²) in [5.41, 5.74) is -0.596. The van der Waals surface area contributed by atoms with E-state index >= 15 is 0 Å². The average Bonchev–Trinajstić information content (AvgIpc) is 2.68. The van der Waals surface area contributed by atoms with Crippen LogP contribution in [-0.4, -0.2) is 32.2 Å². The Morgan fingerprint density at radius 1 is 1.00 bits per heavy atom. The van der Waals surface area contributed by atoms with Crippen molar-refractivity contribution in [2.75, 3.05) is 0 Å². The van der Waals surface area contributed by atoms with Crippen LogP contribution in [0.3, 0.4) is 0 Å². The van der Waals surface area contributed by atoms with Crippen LogP contribution in [0.2, 0.25) is 0 Å². The topological polar surface area (TPSA) is 111 Å². The molecule has 2 rings (SSSR count). The standard InChI is InChI=1S/C12H9NO5/c14-10-7(6-4-2-1-3-5-6)8(11(15)16)9(13-10)12(17)18/h1-5,13-14H,(H,15,16)(H,17,18). The molecule has 0 radical (unpaired) electrons. The smallest absolute Gasteiger partial charge is 0.353 e. The summed E-state index contributed by atoms with van der Waals surface area (Å²) in [6, 6.07) is 8.22. The number of aromatic amines is 1. The zero-order valence-corrected chi connectivity index (χ0v) is 9.04. The molecule has 0 saturated heterocycles. The van der Waals surface area contributed by atoms with E-state index in [1.54, 1.807) is 30.3 Å². The molecule has 92 valence electrons. The first kappa shape index (κ1) is 11.7. The van der Waals surface area contributed by atoms with Crippen LogP contribution in [0.25, 0.3) is 11.1 Å². The van der Waals surface area contributed by atoms with Crippen LogP contribution >= 0.6 is 0 Å². The number of aromatic nitrogens is 1. The van der Waals surface area contributed by atoms with E-state index in [0.717, 1.165) is 0 Å². The third-order valence-electron chi connectivity index (χ3n) is 2.47. The molecule has 0 amide bonds. The second kappa shape index (κ2) is 4.25. The van der Waals surface area contributed by atoms with Gasteiger partial charge in [-0.3, -0.25) is 0 Å². The van der Waals surface area contributed by atoms with Gasteiger partial charge in [-0.2, -0.15) is 0 Å². The van der Waals surface area contributed by atoms with Gasteiger partial charge in [0.1, 0.15) is 11.3 Å². The fourth-order valence-corrected chi connectivity index (χ4v) is 1.75. The van der Waals surface area contributed by atoms with E-state index in [-0.39, 0.29) is 5.56 Å². The van der Waals surface area contributed by atoms with Crippen LogP contribution in [0, 0.1) is 0 Å². The fourth-order valence-electron chi connectivity index (χ4n) is 1.75. The van der Waals surface area contributed by atoms with Crippen LogP contribution in [0.4, 0.5) is 0 Å². The number of carboxylic acid groups (broad SMARTS) is 2. The van der Waals surface area contributed by atoms with Crippen LogP contribution in [-0.2, 0) is 0 Å². The van der Waals surface area contributed by atoms with Crippen molar-refractivity contribution in [3.63, 3.8) is 0 Å². The van der Waals surface area contributed by atoms with Gasteiger partial charge in [-0.1, -0.05) is 30.3 Å². The second-order valence-electron chi connectivity index (χ2n) is 3.57.